The lowest BCUT2D eigenvalue weighted by atomic mass is 10.2. The molecule has 2 heterocycles. The molecule has 10 nitrogen and oxygen atoms in total. The second-order valence-corrected chi connectivity index (χ2v) is 9.06. The van der Waals surface area contributed by atoms with Crippen LogP contribution in [0.5, 0.6) is 0 Å². The molecule has 1 fully saturated rings. The fraction of sp³-hybridized carbons (Fsp3) is 0.333. The summed E-state index contributed by atoms with van der Waals surface area (Å²) in [5, 5.41) is 13.4. The molecule has 3 rings (SSSR count). The number of nitro groups is 1. The second-order valence-electron chi connectivity index (χ2n) is 6.57. The van der Waals surface area contributed by atoms with Crippen LogP contribution in [0.15, 0.2) is 42.6 Å². The van der Waals surface area contributed by atoms with Gasteiger partial charge in [0.15, 0.2) is 0 Å². The number of nitro benzene ring substituents is 1. The van der Waals surface area contributed by atoms with E-state index in [0.29, 0.717) is 26.2 Å². The molecule has 1 aromatic carbocycles. The number of sulfonamides is 1. The van der Waals surface area contributed by atoms with E-state index in [1.54, 1.807) is 6.20 Å². The zero-order chi connectivity index (χ0) is 21.7. The first-order chi connectivity index (χ1) is 14.3. The number of amides is 1. The number of pyridine rings is 1. The number of nitrogens with zero attached hydrogens (tertiary/aromatic N) is 4. The summed E-state index contributed by atoms with van der Waals surface area (Å²) in [5.74, 6) is -0.149. The van der Waals surface area contributed by atoms with Crippen molar-refractivity contribution in [2.45, 2.75) is 0 Å². The van der Waals surface area contributed by atoms with Gasteiger partial charge in [-0.15, -0.1) is 0 Å². The minimum Gasteiger partial charge on any atom is -0.354 e. The number of piperazine rings is 1. The zero-order valence-corrected chi connectivity index (χ0v) is 17.5. The van der Waals surface area contributed by atoms with Gasteiger partial charge in [0.1, 0.15) is 5.82 Å². The number of hydrogen-bond acceptors (Lipinski definition) is 7. The molecule has 30 heavy (non-hydrogen) atoms. The number of halogens is 1. The van der Waals surface area contributed by atoms with Crippen LogP contribution in [0.4, 0.5) is 11.5 Å². The Morgan fingerprint density at radius 1 is 1.20 bits per heavy atom. The Labute approximate surface area is 178 Å². The van der Waals surface area contributed by atoms with Gasteiger partial charge in [0, 0.05) is 51.1 Å². The van der Waals surface area contributed by atoms with Crippen molar-refractivity contribution in [1.29, 1.82) is 0 Å². The molecule has 0 unspecified atom stereocenters. The van der Waals surface area contributed by atoms with Crippen LogP contribution in [0.25, 0.3) is 0 Å². The molecule has 1 aliphatic heterocycles. The van der Waals surface area contributed by atoms with Gasteiger partial charge in [0.2, 0.25) is 10.0 Å². The number of hydrogen-bond donors (Lipinski definition) is 1. The van der Waals surface area contributed by atoms with E-state index < -0.39 is 20.9 Å². The van der Waals surface area contributed by atoms with E-state index in [-0.39, 0.29) is 28.6 Å². The summed E-state index contributed by atoms with van der Waals surface area (Å²) in [6, 6.07) is 9.07. The topological polar surface area (TPSA) is 126 Å². The molecule has 1 aromatic heterocycles. The van der Waals surface area contributed by atoms with Crippen LogP contribution in [-0.2, 0) is 10.0 Å². The Balaban J connectivity index is 1.53. The van der Waals surface area contributed by atoms with E-state index >= 15 is 0 Å². The third-order valence-corrected chi connectivity index (χ3v) is 6.86. The van der Waals surface area contributed by atoms with Crippen LogP contribution in [0.1, 0.15) is 10.4 Å². The molecule has 1 N–H and O–H groups in total. The quantitative estimate of drug-likeness (QED) is 0.497. The molecule has 1 aliphatic rings. The Bertz CT molecular complexity index is 1030. The molecule has 0 spiro atoms. The molecule has 0 radical (unpaired) electrons. The standard InChI is InChI=1S/C18H20ClN5O5S/c19-16-5-4-14(24(26)27)13-15(16)18(25)21-7-12-30(28,29)23-10-8-22(9-11-23)17-3-1-2-6-20-17/h1-6,13H,7-12H2,(H,21,25). The maximum atomic E-state index is 12.6. The van der Waals surface area contributed by atoms with Crippen LogP contribution < -0.4 is 10.2 Å². The van der Waals surface area contributed by atoms with Crippen molar-refractivity contribution in [1.82, 2.24) is 14.6 Å². The normalized spacial score (nSPS) is 15.0. The summed E-state index contributed by atoms with van der Waals surface area (Å²) in [4.78, 5) is 28.8. The Kier molecular flexibility index (Phi) is 6.85. The number of benzene rings is 1. The first-order valence-electron chi connectivity index (χ1n) is 9.14. The average Bonchev–Trinajstić information content (AvgIpc) is 2.74. The van der Waals surface area contributed by atoms with Gasteiger partial charge < -0.3 is 10.2 Å². The molecule has 2 aromatic rings. The summed E-state index contributed by atoms with van der Waals surface area (Å²) < 4.78 is 26.6. The molecule has 0 saturated carbocycles. The molecule has 1 amide bonds. The van der Waals surface area contributed by atoms with Crippen molar-refractivity contribution in [2.75, 3.05) is 43.4 Å². The molecule has 0 aliphatic carbocycles. The van der Waals surface area contributed by atoms with Crippen molar-refractivity contribution in [3.63, 3.8) is 0 Å². The first kappa shape index (κ1) is 21.9. The van der Waals surface area contributed by atoms with E-state index in [4.69, 9.17) is 11.6 Å². The highest BCUT2D eigenvalue weighted by molar-refractivity contribution is 7.89. The molecule has 160 valence electrons. The minimum atomic E-state index is -3.57. The predicted octanol–water partition coefficient (Wildman–Crippen LogP) is 1.53. The van der Waals surface area contributed by atoms with Crippen LogP contribution in [0, 0.1) is 10.1 Å². The largest absolute Gasteiger partial charge is 0.354 e. The molecule has 1 saturated heterocycles. The second kappa shape index (κ2) is 9.37. The van der Waals surface area contributed by atoms with Crippen molar-refractivity contribution >= 4 is 39.0 Å². The average molecular weight is 454 g/mol. The summed E-state index contributed by atoms with van der Waals surface area (Å²) in [6.07, 6.45) is 1.69. The lowest BCUT2D eigenvalue weighted by Crippen LogP contribution is -2.50. The fourth-order valence-electron chi connectivity index (χ4n) is 3.05. The monoisotopic (exact) mass is 453 g/mol. The van der Waals surface area contributed by atoms with E-state index in [2.05, 4.69) is 10.3 Å². The lowest BCUT2D eigenvalue weighted by molar-refractivity contribution is -0.384. The number of non-ortho nitro benzene ring substituents is 1. The third-order valence-electron chi connectivity index (χ3n) is 4.66. The zero-order valence-electron chi connectivity index (χ0n) is 15.9. The van der Waals surface area contributed by atoms with Crippen LogP contribution in [0.3, 0.4) is 0 Å². The van der Waals surface area contributed by atoms with Gasteiger partial charge in [0.25, 0.3) is 11.6 Å². The molecule has 0 atom stereocenters. The van der Waals surface area contributed by atoms with Crippen molar-refractivity contribution in [2.24, 2.45) is 0 Å². The fourth-order valence-corrected chi connectivity index (χ4v) is 4.60. The lowest BCUT2D eigenvalue weighted by Gasteiger charge is -2.34. The molecular formula is C18H20ClN5O5S. The van der Waals surface area contributed by atoms with Gasteiger partial charge in [-0.25, -0.2) is 13.4 Å². The number of carbonyl (C=O) groups excluding carboxylic acids is 1. The number of carbonyl (C=O) groups is 1. The Morgan fingerprint density at radius 3 is 2.57 bits per heavy atom. The van der Waals surface area contributed by atoms with Crippen molar-refractivity contribution in [3.8, 4) is 0 Å². The van der Waals surface area contributed by atoms with Gasteiger partial charge in [-0.3, -0.25) is 14.9 Å². The minimum absolute atomic E-state index is 0.0478. The van der Waals surface area contributed by atoms with Crippen LogP contribution in [0.2, 0.25) is 5.02 Å². The van der Waals surface area contributed by atoms with Crippen molar-refractivity contribution in [3.05, 3.63) is 63.3 Å². The summed E-state index contributed by atoms with van der Waals surface area (Å²) in [6.45, 7) is 1.55. The number of aromatic nitrogens is 1. The molecule has 12 heteroatoms. The highest BCUT2D eigenvalue weighted by atomic mass is 35.5. The summed E-state index contributed by atoms with van der Waals surface area (Å²) >= 11 is 5.93. The molecular weight excluding hydrogens is 434 g/mol. The first-order valence-corrected chi connectivity index (χ1v) is 11.1. The summed E-state index contributed by atoms with van der Waals surface area (Å²) in [7, 11) is -3.57. The van der Waals surface area contributed by atoms with Gasteiger partial charge in [-0.1, -0.05) is 17.7 Å². The highest BCUT2D eigenvalue weighted by Crippen LogP contribution is 2.22. The van der Waals surface area contributed by atoms with Crippen molar-refractivity contribution < 1.29 is 18.1 Å². The van der Waals surface area contributed by atoms with Gasteiger partial charge in [0.05, 0.1) is 21.3 Å². The van der Waals surface area contributed by atoms with E-state index in [9.17, 15) is 23.3 Å². The van der Waals surface area contributed by atoms with Gasteiger partial charge in [-0.2, -0.15) is 4.31 Å². The Morgan fingerprint density at radius 2 is 1.93 bits per heavy atom. The number of rotatable bonds is 7. The summed E-state index contributed by atoms with van der Waals surface area (Å²) in [5.41, 5.74) is -0.352. The maximum Gasteiger partial charge on any atom is 0.270 e. The van der Waals surface area contributed by atoms with Gasteiger partial charge in [-0.05, 0) is 18.2 Å². The van der Waals surface area contributed by atoms with E-state index in [1.165, 1.54) is 16.4 Å². The van der Waals surface area contributed by atoms with Crippen LogP contribution >= 0.6 is 11.6 Å². The predicted molar refractivity (Wildman–Crippen MR) is 112 cm³/mol. The number of nitrogens with one attached hydrogen (secondary N) is 1. The molecule has 0 bridgehead atoms. The SMILES string of the molecule is O=C(NCCS(=O)(=O)N1CCN(c2ccccn2)CC1)c1cc([N+](=O)[O-])ccc1Cl. The van der Waals surface area contributed by atoms with Gasteiger partial charge >= 0.3 is 0 Å². The smallest absolute Gasteiger partial charge is 0.270 e. The highest BCUT2D eigenvalue weighted by Gasteiger charge is 2.27. The Hall–Kier alpha value is -2.76. The maximum absolute atomic E-state index is 12.6. The third kappa shape index (κ3) is 5.23. The van der Waals surface area contributed by atoms with E-state index in [1.807, 2.05) is 23.1 Å². The number of anilines is 1. The van der Waals surface area contributed by atoms with E-state index in [0.717, 1.165) is 11.9 Å². The van der Waals surface area contributed by atoms with Crippen LogP contribution in [-0.4, -0.2) is 67.0 Å².